The number of nitrogens with one attached hydrogen (secondary N) is 1. The molecule has 0 bridgehead atoms. The molecule has 0 aliphatic rings. The van der Waals surface area contributed by atoms with E-state index in [4.69, 9.17) is 4.74 Å². The molecule has 1 aromatic rings. The lowest BCUT2D eigenvalue weighted by atomic mass is 10.0. The maximum absolute atomic E-state index is 10.9. The zero-order valence-corrected chi connectivity index (χ0v) is 11.3. The summed E-state index contributed by atoms with van der Waals surface area (Å²) >= 11 is 0. The second-order valence-corrected chi connectivity index (χ2v) is 4.66. The summed E-state index contributed by atoms with van der Waals surface area (Å²) < 4.78 is 5.16. The molecule has 1 atom stereocenters. The third kappa shape index (κ3) is 3.43. The normalized spacial score (nSPS) is 12.5. The van der Waals surface area contributed by atoms with Crippen LogP contribution < -0.4 is 5.32 Å². The van der Waals surface area contributed by atoms with E-state index in [1.165, 1.54) is 6.07 Å². The number of ether oxygens (including phenoxy) is 1. The Bertz CT molecular complexity index is 419. The monoisotopic (exact) mass is 252 g/mol. The SMILES string of the molecule is COCC(Nc1cccc([N+](=O)[O-])c1C)C(C)C. The summed E-state index contributed by atoms with van der Waals surface area (Å²) in [5, 5.41) is 14.2. The van der Waals surface area contributed by atoms with Gasteiger partial charge in [0.1, 0.15) is 0 Å². The molecule has 0 aliphatic heterocycles. The maximum atomic E-state index is 10.9. The van der Waals surface area contributed by atoms with E-state index in [9.17, 15) is 10.1 Å². The summed E-state index contributed by atoms with van der Waals surface area (Å²) in [6.45, 7) is 6.50. The Labute approximate surface area is 107 Å². The van der Waals surface area contributed by atoms with Crippen LogP contribution in [0, 0.1) is 23.0 Å². The Morgan fingerprint density at radius 3 is 2.61 bits per heavy atom. The topological polar surface area (TPSA) is 64.4 Å². The average Bonchev–Trinajstić information content (AvgIpc) is 2.30. The number of anilines is 1. The summed E-state index contributed by atoms with van der Waals surface area (Å²) in [6, 6.07) is 5.20. The van der Waals surface area contributed by atoms with Crippen LogP contribution in [0.25, 0.3) is 0 Å². The van der Waals surface area contributed by atoms with Crippen LogP contribution in [-0.4, -0.2) is 24.7 Å². The van der Waals surface area contributed by atoms with Gasteiger partial charge in [-0.3, -0.25) is 10.1 Å². The fraction of sp³-hybridized carbons (Fsp3) is 0.538. The molecule has 1 N–H and O–H groups in total. The van der Waals surface area contributed by atoms with Gasteiger partial charge in [0.05, 0.1) is 17.6 Å². The molecule has 0 aliphatic carbocycles. The first kappa shape index (κ1) is 14.4. The average molecular weight is 252 g/mol. The Morgan fingerprint density at radius 2 is 2.11 bits per heavy atom. The van der Waals surface area contributed by atoms with Crippen molar-refractivity contribution in [3.05, 3.63) is 33.9 Å². The van der Waals surface area contributed by atoms with Crippen molar-refractivity contribution >= 4 is 11.4 Å². The van der Waals surface area contributed by atoms with E-state index in [2.05, 4.69) is 19.2 Å². The first-order valence-electron chi connectivity index (χ1n) is 5.96. The number of methoxy groups -OCH3 is 1. The number of nitro groups is 1. The van der Waals surface area contributed by atoms with E-state index in [1.54, 1.807) is 20.1 Å². The largest absolute Gasteiger partial charge is 0.383 e. The molecule has 0 heterocycles. The van der Waals surface area contributed by atoms with Crippen molar-refractivity contribution in [2.45, 2.75) is 26.8 Å². The van der Waals surface area contributed by atoms with E-state index >= 15 is 0 Å². The van der Waals surface area contributed by atoms with Gasteiger partial charge >= 0.3 is 0 Å². The molecule has 18 heavy (non-hydrogen) atoms. The van der Waals surface area contributed by atoms with Crippen LogP contribution in [0.1, 0.15) is 19.4 Å². The summed E-state index contributed by atoms with van der Waals surface area (Å²) in [5.74, 6) is 0.378. The van der Waals surface area contributed by atoms with Crippen molar-refractivity contribution in [3.63, 3.8) is 0 Å². The van der Waals surface area contributed by atoms with Gasteiger partial charge in [-0.05, 0) is 18.9 Å². The summed E-state index contributed by atoms with van der Waals surface area (Å²) in [7, 11) is 1.65. The van der Waals surface area contributed by atoms with Crippen LogP contribution >= 0.6 is 0 Å². The Hall–Kier alpha value is -1.62. The lowest BCUT2D eigenvalue weighted by Crippen LogP contribution is -2.30. The van der Waals surface area contributed by atoms with Crippen LogP contribution in [-0.2, 0) is 4.74 Å². The number of hydrogen-bond donors (Lipinski definition) is 1. The van der Waals surface area contributed by atoms with Crippen LogP contribution in [0.4, 0.5) is 11.4 Å². The van der Waals surface area contributed by atoms with Crippen molar-refractivity contribution in [1.29, 1.82) is 0 Å². The van der Waals surface area contributed by atoms with Gasteiger partial charge in [0, 0.05) is 24.4 Å². The molecule has 0 saturated heterocycles. The van der Waals surface area contributed by atoms with Gasteiger partial charge < -0.3 is 10.1 Å². The molecule has 0 spiro atoms. The van der Waals surface area contributed by atoms with Crippen LogP contribution in [0.5, 0.6) is 0 Å². The fourth-order valence-corrected chi connectivity index (χ4v) is 1.76. The van der Waals surface area contributed by atoms with Crippen LogP contribution in [0.3, 0.4) is 0 Å². The molecule has 0 fully saturated rings. The first-order valence-corrected chi connectivity index (χ1v) is 5.96. The predicted octanol–water partition coefficient (Wildman–Crippen LogP) is 2.99. The highest BCUT2D eigenvalue weighted by atomic mass is 16.6. The van der Waals surface area contributed by atoms with Crippen molar-refractivity contribution in [1.82, 2.24) is 0 Å². The van der Waals surface area contributed by atoms with Gasteiger partial charge in [-0.25, -0.2) is 0 Å². The smallest absolute Gasteiger partial charge is 0.274 e. The van der Waals surface area contributed by atoms with Gasteiger partial charge in [0.2, 0.25) is 0 Å². The molecule has 0 saturated carbocycles. The Balaban J connectivity index is 2.96. The second-order valence-electron chi connectivity index (χ2n) is 4.66. The lowest BCUT2D eigenvalue weighted by molar-refractivity contribution is -0.385. The van der Waals surface area contributed by atoms with Crippen LogP contribution in [0.2, 0.25) is 0 Å². The van der Waals surface area contributed by atoms with Gasteiger partial charge in [-0.1, -0.05) is 19.9 Å². The molecule has 0 amide bonds. The summed E-state index contributed by atoms with van der Waals surface area (Å²) in [5.41, 5.74) is 1.59. The molecule has 1 rings (SSSR count). The zero-order chi connectivity index (χ0) is 13.7. The van der Waals surface area contributed by atoms with E-state index in [1.807, 2.05) is 6.07 Å². The fourth-order valence-electron chi connectivity index (χ4n) is 1.76. The zero-order valence-electron chi connectivity index (χ0n) is 11.3. The number of hydrogen-bond acceptors (Lipinski definition) is 4. The number of nitrogens with zero attached hydrogens (tertiary/aromatic N) is 1. The highest BCUT2D eigenvalue weighted by Gasteiger charge is 2.17. The molecular weight excluding hydrogens is 232 g/mol. The van der Waals surface area contributed by atoms with E-state index in [-0.39, 0.29) is 16.7 Å². The highest BCUT2D eigenvalue weighted by Crippen LogP contribution is 2.26. The Morgan fingerprint density at radius 1 is 1.44 bits per heavy atom. The second kappa shape index (κ2) is 6.35. The summed E-state index contributed by atoms with van der Waals surface area (Å²) in [4.78, 5) is 10.5. The van der Waals surface area contributed by atoms with Gasteiger partial charge in [0.15, 0.2) is 0 Å². The van der Waals surface area contributed by atoms with Gasteiger partial charge in [0.25, 0.3) is 5.69 Å². The molecule has 100 valence electrons. The van der Waals surface area contributed by atoms with Gasteiger partial charge in [-0.2, -0.15) is 0 Å². The quantitative estimate of drug-likeness (QED) is 0.624. The standard InChI is InChI=1S/C13H20N2O3/c1-9(2)12(8-18-4)14-11-6-5-7-13(10(11)3)15(16)17/h5-7,9,12,14H,8H2,1-4H3. The number of rotatable bonds is 6. The van der Waals surface area contributed by atoms with E-state index < -0.39 is 0 Å². The molecular formula is C13H20N2O3. The van der Waals surface area contributed by atoms with Gasteiger partial charge in [-0.15, -0.1) is 0 Å². The minimum atomic E-state index is -0.360. The number of benzene rings is 1. The third-order valence-electron chi connectivity index (χ3n) is 2.99. The molecule has 5 heteroatoms. The maximum Gasteiger partial charge on any atom is 0.274 e. The Kier molecular flexibility index (Phi) is 5.09. The lowest BCUT2D eigenvalue weighted by Gasteiger charge is -2.23. The highest BCUT2D eigenvalue weighted by molar-refractivity contribution is 5.60. The molecule has 0 radical (unpaired) electrons. The molecule has 1 aromatic carbocycles. The first-order chi connectivity index (χ1) is 8.47. The predicted molar refractivity (Wildman–Crippen MR) is 72.0 cm³/mol. The molecule has 0 aromatic heterocycles. The minimum absolute atomic E-state index is 0.135. The van der Waals surface area contributed by atoms with Crippen molar-refractivity contribution < 1.29 is 9.66 Å². The number of nitro benzene ring substituents is 1. The van der Waals surface area contributed by atoms with Crippen LogP contribution in [0.15, 0.2) is 18.2 Å². The molecule has 1 unspecified atom stereocenters. The van der Waals surface area contributed by atoms with Crippen molar-refractivity contribution in [2.75, 3.05) is 19.0 Å². The van der Waals surface area contributed by atoms with Crippen molar-refractivity contribution in [3.8, 4) is 0 Å². The van der Waals surface area contributed by atoms with E-state index in [0.717, 1.165) is 5.69 Å². The summed E-state index contributed by atoms with van der Waals surface area (Å²) in [6.07, 6.45) is 0. The third-order valence-corrected chi connectivity index (χ3v) is 2.99. The van der Waals surface area contributed by atoms with E-state index in [0.29, 0.717) is 18.1 Å². The van der Waals surface area contributed by atoms with Crippen molar-refractivity contribution in [2.24, 2.45) is 5.92 Å². The minimum Gasteiger partial charge on any atom is -0.383 e. The molecule has 5 nitrogen and oxygen atoms in total.